The van der Waals surface area contributed by atoms with Crippen LogP contribution in [0.1, 0.15) is 43.0 Å². The van der Waals surface area contributed by atoms with Crippen molar-refractivity contribution in [3.63, 3.8) is 0 Å². The van der Waals surface area contributed by atoms with Crippen molar-refractivity contribution in [1.82, 2.24) is 9.88 Å². The molecule has 0 N–H and O–H groups in total. The number of likely N-dealkylation sites (tertiary alicyclic amines) is 1. The van der Waals surface area contributed by atoms with Crippen LogP contribution in [0.15, 0.2) is 36.4 Å². The second-order valence-corrected chi connectivity index (χ2v) is 8.39. The highest BCUT2D eigenvalue weighted by Crippen LogP contribution is 2.33. The second-order valence-electron chi connectivity index (χ2n) is 7.33. The number of thiazole rings is 1. The summed E-state index contributed by atoms with van der Waals surface area (Å²) in [5, 5.41) is 1.10. The van der Waals surface area contributed by atoms with Crippen LogP contribution in [0.2, 0.25) is 0 Å². The van der Waals surface area contributed by atoms with Gasteiger partial charge in [0.25, 0.3) is 5.91 Å². The number of rotatable bonds is 5. The molecule has 1 amide bonds. The number of aromatic nitrogens is 1. The molecular formula is C21H24N2O3S. The van der Waals surface area contributed by atoms with Gasteiger partial charge in [0.05, 0.1) is 21.6 Å². The number of benzene rings is 1. The molecule has 5 nitrogen and oxygen atoms in total. The van der Waals surface area contributed by atoms with Crippen molar-refractivity contribution >= 4 is 33.4 Å². The molecule has 1 aromatic heterocycles. The molecule has 2 aromatic rings. The second kappa shape index (κ2) is 8.21. The van der Waals surface area contributed by atoms with E-state index in [1.54, 1.807) is 11.3 Å². The first-order valence-electron chi connectivity index (χ1n) is 9.64. The summed E-state index contributed by atoms with van der Waals surface area (Å²) in [5.74, 6) is 0.154. The number of piperidine rings is 1. The van der Waals surface area contributed by atoms with Crippen molar-refractivity contribution in [2.75, 3.05) is 19.7 Å². The smallest absolute Gasteiger partial charge is 0.306 e. The summed E-state index contributed by atoms with van der Waals surface area (Å²) in [6.45, 7) is 1.23. The molecule has 1 aliphatic heterocycles. The SMILES string of the molecule is O=C(C[C@H]1C=CCC1)OCC(=O)N1CCC[C@@H](c2nc3ccccc3s2)C1. The fraction of sp³-hybridized carbons (Fsp3) is 0.476. The van der Waals surface area contributed by atoms with Gasteiger partial charge in [-0.1, -0.05) is 24.3 Å². The van der Waals surface area contributed by atoms with Crippen molar-refractivity contribution in [2.24, 2.45) is 5.92 Å². The van der Waals surface area contributed by atoms with Gasteiger partial charge in [-0.25, -0.2) is 4.98 Å². The lowest BCUT2D eigenvalue weighted by atomic mass is 9.99. The molecule has 2 aliphatic rings. The Morgan fingerprint density at radius 1 is 1.26 bits per heavy atom. The van der Waals surface area contributed by atoms with Crippen molar-refractivity contribution in [3.05, 3.63) is 41.4 Å². The fourth-order valence-electron chi connectivity index (χ4n) is 3.84. The number of nitrogens with zero attached hydrogens (tertiary/aromatic N) is 2. The van der Waals surface area contributed by atoms with E-state index < -0.39 is 0 Å². The van der Waals surface area contributed by atoms with E-state index in [0.717, 1.165) is 42.8 Å². The molecule has 2 atom stereocenters. The van der Waals surface area contributed by atoms with Crippen LogP contribution in [0, 0.1) is 5.92 Å². The zero-order valence-electron chi connectivity index (χ0n) is 15.3. The topological polar surface area (TPSA) is 59.5 Å². The summed E-state index contributed by atoms with van der Waals surface area (Å²) >= 11 is 1.71. The summed E-state index contributed by atoms with van der Waals surface area (Å²) < 4.78 is 6.42. The maximum atomic E-state index is 12.5. The quantitative estimate of drug-likeness (QED) is 0.579. The summed E-state index contributed by atoms with van der Waals surface area (Å²) in [5.41, 5.74) is 1.02. The Morgan fingerprint density at radius 2 is 2.15 bits per heavy atom. The molecule has 1 aromatic carbocycles. The third-order valence-electron chi connectivity index (χ3n) is 5.33. The van der Waals surface area contributed by atoms with Gasteiger partial charge < -0.3 is 9.64 Å². The van der Waals surface area contributed by atoms with E-state index in [4.69, 9.17) is 9.72 Å². The van der Waals surface area contributed by atoms with Crippen LogP contribution in [-0.2, 0) is 14.3 Å². The summed E-state index contributed by atoms with van der Waals surface area (Å²) in [4.78, 5) is 31.0. The minimum atomic E-state index is -0.278. The molecule has 1 fully saturated rings. The number of carbonyl (C=O) groups excluding carboxylic acids is 2. The van der Waals surface area contributed by atoms with Crippen LogP contribution >= 0.6 is 11.3 Å². The lowest BCUT2D eigenvalue weighted by Crippen LogP contribution is -2.41. The monoisotopic (exact) mass is 384 g/mol. The van der Waals surface area contributed by atoms with Crippen LogP contribution in [0.25, 0.3) is 10.2 Å². The predicted octanol–water partition coefficient (Wildman–Crippen LogP) is 3.90. The van der Waals surface area contributed by atoms with Gasteiger partial charge in [0.1, 0.15) is 0 Å². The third-order valence-corrected chi connectivity index (χ3v) is 6.53. The van der Waals surface area contributed by atoms with E-state index in [1.165, 1.54) is 4.70 Å². The fourth-order valence-corrected chi connectivity index (χ4v) is 4.93. The van der Waals surface area contributed by atoms with Crippen LogP contribution in [0.3, 0.4) is 0 Å². The first kappa shape index (κ1) is 18.2. The van der Waals surface area contributed by atoms with Gasteiger partial charge in [-0.05, 0) is 43.7 Å². The number of fused-ring (bicyclic) bond motifs is 1. The van der Waals surface area contributed by atoms with E-state index in [0.29, 0.717) is 13.0 Å². The molecule has 4 rings (SSSR count). The highest BCUT2D eigenvalue weighted by atomic mass is 32.1. The number of esters is 1. The minimum Gasteiger partial charge on any atom is -0.456 e. The third kappa shape index (κ3) is 4.38. The predicted molar refractivity (Wildman–Crippen MR) is 106 cm³/mol. The van der Waals surface area contributed by atoms with Crippen LogP contribution in [0.5, 0.6) is 0 Å². The average molecular weight is 385 g/mol. The Hall–Kier alpha value is -2.21. The Labute approximate surface area is 163 Å². The maximum Gasteiger partial charge on any atom is 0.306 e. The van der Waals surface area contributed by atoms with Crippen molar-refractivity contribution in [2.45, 2.75) is 38.0 Å². The average Bonchev–Trinajstić information content (AvgIpc) is 3.35. The van der Waals surface area contributed by atoms with Crippen molar-refractivity contribution < 1.29 is 14.3 Å². The molecule has 0 spiro atoms. The molecule has 0 radical (unpaired) electrons. The first-order chi connectivity index (χ1) is 13.2. The number of allylic oxidation sites excluding steroid dienone is 2. The highest BCUT2D eigenvalue weighted by Gasteiger charge is 2.27. The number of hydrogen-bond acceptors (Lipinski definition) is 5. The number of hydrogen-bond donors (Lipinski definition) is 0. The van der Waals surface area contributed by atoms with Gasteiger partial charge in [0.2, 0.25) is 0 Å². The van der Waals surface area contributed by atoms with Crippen molar-refractivity contribution in [3.8, 4) is 0 Å². The van der Waals surface area contributed by atoms with Crippen LogP contribution in [0.4, 0.5) is 0 Å². The first-order valence-corrected chi connectivity index (χ1v) is 10.5. The van der Waals surface area contributed by atoms with E-state index in [2.05, 4.69) is 18.2 Å². The zero-order valence-corrected chi connectivity index (χ0v) is 16.1. The maximum absolute atomic E-state index is 12.5. The number of amides is 1. The van der Waals surface area contributed by atoms with Gasteiger partial charge in [0, 0.05) is 19.0 Å². The van der Waals surface area contributed by atoms with E-state index in [9.17, 15) is 9.59 Å². The minimum absolute atomic E-state index is 0.101. The Kier molecular flexibility index (Phi) is 5.53. The van der Waals surface area contributed by atoms with Gasteiger partial charge in [-0.3, -0.25) is 9.59 Å². The van der Waals surface area contributed by atoms with E-state index >= 15 is 0 Å². The van der Waals surface area contributed by atoms with Crippen LogP contribution < -0.4 is 0 Å². The molecule has 6 heteroatoms. The molecule has 0 bridgehead atoms. The van der Waals surface area contributed by atoms with E-state index in [-0.39, 0.29) is 30.3 Å². The standard InChI is InChI=1S/C21H24N2O3S/c24-19(14-26-20(25)12-15-6-1-2-7-15)23-11-5-8-16(13-23)21-22-17-9-3-4-10-18(17)27-21/h1,3-4,6,9-10,15-16H,2,5,7-8,11-14H2/t15-,16+/m0/s1. The summed E-state index contributed by atoms with van der Waals surface area (Å²) in [6, 6.07) is 8.14. The van der Waals surface area contributed by atoms with E-state index in [1.807, 2.05) is 23.1 Å². The summed E-state index contributed by atoms with van der Waals surface area (Å²) in [7, 11) is 0. The van der Waals surface area contributed by atoms with Gasteiger partial charge >= 0.3 is 5.97 Å². The lowest BCUT2D eigenvalue weighted by molar-refractivity contribution is -0.153. The number of ether oxygens (including phenoxy) is 1. The van der Waals surface area contributed by atoms with Gasteiger partial charge in [-0.2, -0.15) is 0 Å². The molecule has 27 heavy (non-hydrogen) atoms. The van der Waals surface area contributed by atoms with Gasteiger partial charge in [0.15, 0.2) is 6.61 Å². The Balaban J connectivity index is 1.31. The highest BCUT2D eigenvalue weighted by molar-refractivity contribution is 7.18. The molecule has 1 saturated heterocycles. The largest absolute Gasteiger partial charge is 0.456 e. The number of carbonyl (C=O) groups is 2. The number of para-hydroxylation sites is 1. The molecular weight excluding hydrogens is 360 g/mol. The molecule has 0 saturated carbocycles. The molecule has 142 valence electrons. The Morgan fingerprint density at radius 3 is 2.96 bits per heavy atom. The van der Waals surface area contributed by atoms with Gasteiger partial charge in [-0.15, -0.1) is 11.3 Å². The molecule has 1 aliphatic carbocycles. The van der Waals surface area contributed by atoms with Crippen LogP contribution in [-0.4, -0.2) is 41.5 Å². The molecule has 2 heterocycles. The molecule has 0 unspecified atom stereocenters. The van der Waals surface area contributed by atoms with Crippen molar-refractivity contribution in [1.29, 1.82) is 0 Å². The summed E-state index contributed by atoms with van der Waals surface area (Å²) in [6.07, 6.45) is 8.55. The normalized spacial score (nSPS) is 22.3. The lowest BCUT2D eigenvalue weighted by Gasteiger charge is -2.31. The zero-order chi connectivity index (χ0) is 18.6. The Bertz CT molecular complexity index is 827.